The molecule has 0 aliphatic carbocycles. The number of carbonyl (C=O) groups is 1. The Kier molecular flexibility index (Phi) is 6.36. The van der Waals surface area contributed by atoms with Crippen molar-refractivity contribution in [3.63, 3.8) is 0 Å². The maximum atomic E-state index is 13.9. The van der Waals surface area contributed by atoms with Gasteiger partial charge in [0.1, 0.15) is 12.1 Å². The Balaban J connectivity index is 2.05. The van der Waals surface area contributed by atoms with Gasteiger partial charge in [-0.05, 0) is 49.1 Å². The number of aryl methyl sites for hydroxylation is 2. The van der Waals surface area contributed by atoms with Gasteiger partial charge in [-0.25, -0.2) is 0 Å². The van der Waals surface area contributed by atoms with E-state index in [0.717, 1.165) is 16.0 Å². The minimum Gasteiger partial charge on any atom is -0.331 e. The Morgan fingerprint density at radius 3 is 2.16 bits per heavy atom. The highest BCUT2D eigenvalue weighted by atomic mass is 19.4. The summed E-state index contributed by atoms with van der Waals surface area (Å²) in [6.45, 7) is 2.74. The molecule has 0 radical (unpaired) electrons. The molecule has 1 saturated heterocycles. The second kappa shape index (κ2) is 8.53. The van der Waals surface area contributed by atoms with Crippen molar-refractivity contribution in [1.29, 1.82) is 0 Å². The van der Waals surface area contributed by atoms with E-state index < -0.39 is 42.9 Å². The molecular formula is C22H22F6N2O. The van der Waals surface area contributed by atoms with Gasteiger partial charge in [0, 0.05) is 12.1 Å². The highest BCUT2D eigenvalue weighted by molar-refractivity contribution is 5.94. The molecule has 2 aromatic carbocycles. The van der Waals surface area contributed by atoms with E-state index in [4.69, 9.17) is 0 Å². The van der Waals surface area contributed by atoms with E-state index >= 15 is 0 Å². The molecule has 2 aromatic rings. The molecule has 3 rings (SSSR count). The number of halogens is 6. The first-order valence-corrected chi connectivity index (χ1v) is 9.69. The average Bonchev–Trinajstić information content (AvgIpc) is 2.69. The number of alkyl halides is 6. The van der Waals surface area contributed by atoms with E-state index in [9.17, 15) is 31.1 Å². The predicted molar refractivity (Wildman–Crippen MR) is 104 cm³/mol. The number of rotatable bonds is 3. The van der Waals surface area contributed by atoms with Crippen LogP contribution in [0.1, 0.15) is 27.0 Å². The van der Waals surface area contributed by atoms with Crippen LogP contribution in [0.25, 0.3) is 0 Å². The molecule has 0 aromatic heterocycles. The summed E-state index contributed by atoms with van der Waals surface area (Å²) in [5.74, 6) is -0.862. The molecule has 3 unspecified atom stereocenters. The highest BCUT2D eigenvalue weighted by Gasteiger charge is 2.56. The number of hydrogen-bond donors (Lipinski definition) is 1. The molecule has 0 saturated carbocycles. The smallest absolute Gasteiger partial charge is 0.331 e. The summed E-state index contributed by atoms with van der Waals surface area (Å²) in [6, 6.07) is 5.92. The number of nitrogens with zero attached hydrogens (tertiary/aromatic N) is 1. The topological polar surface area (TPSA) is 32.3 Å². The Bertz CT molecular complexity index is 926. The summed E-state index contributed by atoms with van der Waals surface area (Å²) in [7, 11) is 0. The third kappa shape index (κ3) is 5.20. The average molecular weight is 444 g/mol. The lowest BCUT2D eigenvalue weighted by Gasteiger charge is -2.46. The van der Waals surface area contributed by atoms with Crippen molar-refractivity contribution < 1.29 is 31.1 Å². The Morgan fingerprint density at radius 2 is 1.61 bits per heavy atom. The molecule has 9 heteroatoms. The van der Waals surface area contributed by atoms with Crippen molar-refractivity contribution in [1.82, 2.24) is 10.2 Å². The summed E-state index contributed by atoms with van der Waals surface area (Å²) in [5.41, 5.74) is 2.34. The molecular weight excluding hydrogens is 422 g/mol. The number of nitrogens with one attached hydrogen (secondary N) is 1. The van der Waals surface area contributed by atoms with E-state index in [1.165, 1.54) is 24.3 Å². The zero-order valence-corrected chi connectivity index (χ0v) is 16.9. The summed E-state index contributed by atoms with van der Waals surface area (Å²) in [5, 5.41) is 1.72. The number of piperazine rings is 1. The molecule has 3 nitrogen and oxygen atoms in total. The Morgan fingerprint density at radius 1 is 0.968 bits per heavy atom. The third-order valence-electron chi connectivity index (χ3n) is 5.59. The zero-order chi connectivity index (χ0) is 23.0. The fraction of sp³-hybridized carbons (Fsp3) is 0.409. The van der Waals surface area contributed by atoms with Crippen molar-refractivity contribution in [2.75, 3.05) is 6.54 Å². The van der Waals surface area contributed by atoms with Gasteiger partial charge < -0.3 is 4.90 Å². The second-order valence-electron chi connectivity index (χ2n) is 7.79. The number of carbonyl (C=O) groups excluding carboxylic acids is 1. The normalized spacial score (nSPS) is 22.5. The monoisotopic (exact) mass is 444 g/mol. The number of hydrogen-bond acceptors (Lipinski definition) is 2. The van der Waals surface area contributed by atoms with E-state index in [2.05, 4.69) is 0 Å². The van der Waals surface area contributed by atoms with Gasteiger partial charge in [-0.15, -0.1) is 0 Å². The van der Waals surface area contributed by atoms with E-state index in [1.54, 1.807) is 36.5 Å². The quantitative estimate of drug-likeness (QED) is 0.689. The fourth-order valence-electron chi connectivity index (χ4n) is 3.78. The summed E-state index contributed by atoms with van der Waals surface area (Å²) < 4.78 is 81.9. The molecule has 1 aliphatic heterocycles. The summed E-state index contributed by atoms with van der Waals surface area (Å²) in [4.78, 5) is 13.7. The zero-order valence-electron chi connectivity index (χ0n) is 16.9. The van der Waals surface area contributed by atoms with Crippen LogP contribution in [0.15, 0.2) is 48.5 Å². The van der Waals surface area contributed by atoms with E-state index in [0.29, 0.717) is 5.56 Å². The first-order valence-electron chi connectivity index (χ1n) is 9.69. The first-order chi connectivity index (χ1) is 14.4. The van der Waals surface area contributed by atoms with Crippen LogP contribution in [0, 0.1) is 13.8 Å². The molecule has 168 valence electrons. The Hall–Kier alpha value is -2.55. The SMILES string of the molecule is Cc1ccc(CC2C(C(F)(F)F)NC(C(F)(F)F)CN2C(=O)c2ccccc2)cc1C. The van der Waals surface area contributed by atoms with Crippen molar-refractivity contribution >= 4 is 5.91 Å². The predicted octanol–water partition coefficient (Wildman–Crippen LogP) is 4.82. The molecule has 31 heavy (non-hydrogen) atoms. The van der Waals surface area contributed by atoms with Crippen LogP contribution in [-0.4, -0.2) is 47.8 Å². The van der Waals surface area contributed by atoms with Crippen molar-refractivity contribution in [2.24, 2.45) is 0 Å². The van der Waals surface area contributed by atoms with Gasteiger partial charge in [-0.2, -0.15) is 26.3 Å². The van der Waals surface area contributed by atoms with Gasteiger partial charge >= 0.3 is 12.4 Å². The van der Waals surface area contributed by atoms with Gasteiger partial charge in [-0.1, -0.05) is 36.4 Å². The van der Waals surface area contributed by atoms with Crippen LogP contribution in [-0.2, 0) is 6.42 Å². The minimum absolute atomic E-state index is 0.0383. The van der Waals surface area contributed by atoms with Crippen LogP contribution in [0.5, 0.6) is 0 Å². The lowest BCUT2D eigenvalue weighted by molar-refractivity contribution is -0.211. The number of amides is 1. The largest absolute Gasteiger partial charge is 0.405 e. The summed E-state index contributed by atoms with van der Waals surface area (Å²) >= 11 is 0. The van der Waals surface area contributed by atoms with Gasteiger partial charge in [0.05, 0.1) is 6.04 Å². The van der Waals surface area contributed by atoms with Crippen LogP contribution >= 0.6 is 0 Å². The van der Waals surface area contributed by atoms with Gasteiger partial charge in [-0.3, -0.25) is 10.1 Å². The maximum Gasteiger partial charge on any atom is 0.405 e. The van der Waals surface area contributed by atoms with E-state index in [1.807, 2.05) is 6.92 Å². The molecule has 0 spiro atoms. The Labute approximate surface area is 176 Å². The van der Waals surface area contributed by atoms with Crippen LogP contribution in [0.3, 0.4) is 0 Å². The number of benzene rings is 2. The van der Waals surface area contributed by atoms with Crippen LogP contribution in [0.2, 0.25) is 0 Å². The first kappa shape index (κ1) is 23.1. The molecule has 0 bridgehead atoms. The minimum atomic E-state index is -4.98. The highest BCUT2D eigenvalue weighted by Crippen LogP contribution is 2.35. The molecule has 3 atom stereocenters. The maximum absolute atomic E-state index is 13.9. The molecule has 1 N–H and O–H groups in total. The van der Waals surface area contributed by atoms with Crippen LogP contribution in [0.4, 0.5) is 26.3 Å². The summed E-state index contributed by atoms with van der Waals surface area (Å²) in [6.07, 6.45) is -10.2. The van der Waals surface area contributed by atoms with Gasteiger partial charge in [0.15, 0.2) is 0 Å². The van der Waals surface area contributed by atoms with Crippen LogP contribution < -0.4 is 5.32 Å². The molecule has 1 fully saturated rings. The fourth-order valence-corrected chi connectivity index (χ4v) is 3.78. The van der Waals surface area contributed by atoms with Gasteiger partial charge in [0.2, 0.25) is 0 Å². The lowest BCUT2D eigenvalue weighted by Crippen LogP contribution is -2.71. The third-order valence-corrected chi connectivity index (χ3v) is 5.59. The second-order valence-corrected chi connectivity index (χ2v) is 7.79. The lowest BCUT2D eigenvalue weighted by atomic mass is 9.91. The molecule has 1 heterocycles. The van der Waals surface area contributed by atoms with Crippen molar-refractivity contribution in [3.8, 4) is 0 Å². The van der Waals surface area contributed by atoms with Crippen molar-refractivity contribution in [3.05, 3.63) is 70.8 Å². The molecule has 1 amide bonds. The van der Waals surface area contributed by atoms with E-state index in [-0.39, 0.29) is 12.0 Å². The standard InChI is InChI=1S/C22H22F6N2O/c1-13-8-9-15(10-14(13)2)11-17-19(22(26,27)28)29-18(21(23,24)25)12-30(17)20(31)16-6-4-3-5-7-16/h3-10,17-19,29H,11-12H2,1-2H3. The van der Waals surface area contributed by atoms with Crippen molar-refractivity contribution in [2.45, 2.75) is 50.7 Å². The molecule has 1 aliphatic rings. The van der Waals surface area contributed by atoms with Gasteiger partial charge in [0.25, 0.3) is 5.91 Å².